The second kappa shape index (κ2) is 5.65. The Kier molecular flexibility index (Phi) is 3.54. The van der Waals surface area contributed by atoms with E-state index in [2.05, 4.69) is 39.9 Å². The van der Waals surface area contributed by atoms with E-state index in [4.69, 9.17) is 4.74 Å². The fraction of sp³-hybridized carbons (Fsp3) is 0.188. The van der Waals surface area contributed by atoms with Gasteiger partial charge in [0.15, 0.2) is 0 Å². The highest BCUT2D eigenvalue weighted by atomic mass is 16.5. The molecule has 0 saturated carbocycles. The van der Waals surface area contributed by atoms with E-state index in [-0.39, 0.29) is 0 Å². The monoisotopic (exact) mass is 267 g/mol. The molecule has 1 heterocycles. The van der Waals surface area contributed by atoms with Crippen LogP contribution in [-0.2, 0) is 0 Å². The lowest BCUT2D eigenvalue weighted by Crippen LogP contribution is -2.19. The van der Waals surface area contributed by atoms with Crippen molar-refractivity contribution < 1.29 is 4.74 Å². The Labute approximate surface area is 118 Å². The zero-order chi connectivity index (χ0) is 13.8. The van der Waals surface area contributed by atoms with Crippen molar-refractivity contribution in [1.82, 2.24) is 5.32 Å². The first-order valence-corrected chi connectivity index (χ1v) is 6.65. The van der Waals surface area contributed by atoms with Crippen LogP contribution in [-0.4, -0.2) is 26.0 Å². The number of aliphatic imine (C=N–C) groups is 1. The number of nitrogens with zero attached hydrogens (tertiary/aromatic N) is 1. The van der Waals surface area contributed by atoms with Crippen LogP contribution in [0.3, 0.4) is 0 Å². The molecule has 3 rings (SSSR count). The van der Waals surface area contributed by atoms with Crippen molar-refractivity contribution in [1.29, 1.82) is 0 Å². The molecule has 2 N–H and O–H groups in total. The molecule has 0 amide bonds. The highest BCUT2D eigenvalue weighted by Gasteiger charge is 2.07. The average molecular weight is 267 g/mol. The predicted octanol–water partition coefficient (Wildman–Crippen LogP) is 2.79. The molecule has 4 nitrogen and oxygen atoms in total. The van der Waals surface area contributed by atoms with Crippen LogP contribution < -0.4 is 15.4 Å². The van der Waals surface area contributed by atoms with Crippen LogP contribution in [0.2, 0.25) is 0 Å². The molecule has 0 aromatic heterocycles. The van der Waals surface area contributed by atoms with E-state index in [0.717, 1.165) is 41.6 Å². The fourth-order valence-corrected chi connectivity index (χ4v) is 2.14. The summed E-state index contributed by atoms with van der Waals surface area (Å²) in [7, 11) is 1.67. The minimum absolute atomic E-state index is 0.858. The maximum absolute atomic E-state index is 5.14. The van der Waals surface area contributed by atoms with E-state index >= 15 is 0 Å². The molecule has 0 unspecified atom stereocenters. The van der Waals surface area contributed by atoms with Gasteiger partial charge < -0.3 is 15.4 Å². The zero-order valence-electron chi connectivity index (χ0n) is 11.4. The molecule has 2 aromatic rings. The number of ether oxygens (including phenoxy) is 1. The van der Waals surface area contributed by atoms with Gasteiger partial charge in [0, 0.05) is 23.5 Å². The van der Waals surface area contributed by atoms with E-state index in [9.17, 15) is 0 Å². The summed E-state index contributed by atoms with van der Waals surface area (Å²) in [5.74, 6) is 1.84. The lowest BCUT2D eigenvalue weighted by Gasteiger charge is -2.08. The number of amidine groups is 1. The summed E-state index contributed by atoms with van der Waals surface area (Å²) in [6.45, 7) is 1.79. The largest absolute Gasteiger partial charge is 0.497 e. The molecule has 0 radical (unpaired) electrons. The Hall–Kier alpha value is -2.49. The maximum Gasteiger partial charge on any atom is 0.128 e. The van der Waals surface area contributed by atoms with Gasteiger partial charge in [0.2, 0.25) is 0 Å². The van der Waals surface area contributed by atoms with Gasteiger partial charge in [-0.25, -0.2) is 0 Å². The van der Waals surface area contributed by atoms with Crippen LogP contribution in [0.1, 0.15) is 5.56 Å². The van der Waals surface area contributed by atoms with Gasteiger partial charge in [0.1, 0.15) is 11.6 Å². The van der Waals surface area contributed by atoms with Crippen molar-refractivity contribution in [3.63, 3.8) is 0 Å². The molecule has 1 aliphatic rings. The Bertz CT molecular complexity index is 603. The van der Waals surface area contributed by atoms with Crippen LogP contribution in [0.25, 0.3) is 0 Å². The number of nitrogens with one attached hydrogen (secondary N) is 2. The Morgan fingerprint density at radius 3 is 2.20 bits per heavy atom. The summed E-state index contributed by atoms with van der Waals surface area (Å²) in [5, 5.41) is 6.63. The molecular weight excluding hydrogens is 250 g/mol. The first-order chi connectivity index (χ1) is 9.85. The molecule has 0 aliphatic carbocycles. The van der Waals surface area contributed by atoms with Crippen molar-refractivity contribution >= 4 is 17.2 Å². The molecule has 20 heavy (non-hydrogen) atoms. The maximum atomic E-state index is 5.14. The summed E-state index contributed by atoms with van der Waals surface area (Å²) >= 11 is 0. The van der Waals surface area contributed by atoms with Gasteiger partial charge in [0.05, 0.1) is 13.7 Å². The topological polar surface area (TPSA) is 45.6 Å². The van der Waals surface area contributed by atoms with Crippen LogP contribution in [0, 0.1) is 0 Å². The minimum atomic E-state index is 0.858. The molecule has 0 atom stereocenters. The van der Waals surface area contributed by atoms with Gasteiger partial charge in [-0.05, 0) is 48.5 Å². The minimum Gasteiger partial charge on any atom is -0.497 e. The fourth-order valence-electron chi connectivity index (χ4n) is 2.14. The summed E-state index contributed by atoms with van der Waals surface area (Å²) in [6, 6.07) is 16.1. The van der Waals surface area contributed by atoms with Gasteiger partial charge >= 0.3 is 0 Å². The molecule has 102 valence electrons. The van der Waals surface area contributed by atoms with Crippen molar-refractivity contribution in [3.8, 4) is 5.75 Å². The molecular formula is C16H17N3O. The molecule has 0 fully saturated rings. The third-order valence-corrected chi connectivity index (χ3v) is 3.21. The van der Waals surface area contributed by atoms with E-state index in [1.165, 1.54) is 0 Å². The molecule has 2 aromatic carbocycles. The van der Waals surface area contributed by atoms with Crippen molar-refractivity contribution in [2.75, 3.05) is 25.5 Å². The summed E-state index contributed by atoms with van der Waals surface area (Å²) in [6.07, 6.45) is 0. The highest BCUT2D eigenvalue weighted by molar-refractivity contribution is 6.00. The van der Waals surface area contributed by atoms with Gasteiger partial charge in [-0.15, -0.1) is 0 Å². The number of methoxy groups -OCH3 is 1. The molecule has 0 saturated heterocycles. The third-order valence-electron chi connectivity index (χ3n) is 3.21. The zero-order valence-corrected chi connectivity index (χ0v) is 11.4. The van der Waals surface area contributed by atoms with Crippen molar-refractivity contribution in [3.05, 3.63) is 54.1 Å². The Balaban J connectivity index is 1.70. The quantitative estimate of drug-likeness (QED) is 0.895. The van der Waals surface area contributed by atoms with Crippen molar-refractivity contribution in [2.24, 2.45) is 4.99 Å². The normalized spacial score (nSPS) is 13.6. The molecule has 0 spiro atoms. The van der Waals surface area contributed by atoms with Gasteiger partial charge in [0.25, 0.3) is 0 Å². The first-order valence-electron chi connectivity index (χ1n) is 6.65. The highest BCUT2D eigenvalue weighted by Crippen LogP contribution is 2.20. The Morgan fingerprint density at radius 2 is 1.65 bits per heavy atom. The number of benzene rings is 2. The van der Waals surface area contributed by atoms with Gasteiger partial charge in [-0.3, -0.25) is 4.99 Å². The summed E-state index contributed by atoms with van der Waals surface area (Å²) in [4.78, 5) is 4.41. The molecule has 0 bridgehead atoms. The number of rotatable bonds is 4. The lowest BCUT2D eigenvalue weighted by molar-refractivity contribution is 0.415. The van der Waals surface area contributed by atoms with E-state index < -0.39 is 0 Å². The Morgan fingerprint density at radius 1 is 1.00 bits per heavy atom. The van der Waals surface area contributed by atoms with Crippen LogP contribution in [0.15, 0.2) is 53.5 Å². The average Bonchev–Trinajstić information content (AvgIpc) is 3.03. The van der Waals surface area contributed by atoms with Gasteiger partial charge in [-0.1, -0.05) is 0 Å². The van der Waals surface area contributed by atoms with E-state index in [1.807, 2.05) is 24.3 Å². The van der Waals surface area contributed by atoms with Gasteiger partial charge in [-0.2, -0.15) is 0 Å². The van der Waals surface area contributed by atoms with Crippen LogP contribution >= 0.6 is 0 Å². The van der Waals surface area contributed by atoms with Crippen molar-refractivity contribution in [2.45, 2.75) is 0 Å². The van der Waals surface area contributed by atoms with E-state index in [0.29, 0.717) is 0 Å². The SMILES string of the molecule is COc1ccc(Nc2ccc(C3=NCCN3)cc2)cc1. The molecule has 1 aliphatic heterocycles. The van der Waals surface area contributed by atoms with E-state index in [1.54, 1.807) is 7.11 Å². The van der Waals surface area contributed by atoms with Crippen LogP contribution in [0.5, 0.6) is 5.75 Å². The molecule has 4 heteroatoms. The van der Waals surface area contributed by atoms with Crippen LogP contribution in [0.4, 0.5) is 11.4 Å². The smallest absolute Gasteiger partial charge is 0.128 e. The number of hydrogen-bond donors (Lipinski definition) is 2. The first kappa shape index (κ1) is 12.5. The predicted molar refractivity (Wildman–Crippen MR) is 82.1 cm³/mol. The lowest BCUT2D eigenvalue weighted by atomic mass is 10.2. The number of anilines is 2. The second-order valence-electron chi connectivity index (χ2n) is 4.59. The number of hydrogen-bond acceptors (Lipinski definition) is 4. The summed E-state index contributed by atoms with van der Waals surface area (Å²) in [5.41, 5.74) is 3.22. The second-order valence-corrected chi connectivity index (χ2v) is 4.59. The summed E-state index contributed by atoms with van der Waals surface area (Å²) < 4.78 is 5.14. The standard InChI is InChI=1S/C16H17N3O/c1-20-15-8-6-14(7-9-15)19-13-4-2-12(3-5-13)16-17-10-11-18-16/h2-9,19H,10-11H2,1H3,(H,17,18). The third kappa shape index (κ3) is 2.74.